The van der Waals surface area contributed by atoms with E-state index in [4.69, 9.17) is 30.5 Å². The number of halogens is 1. The van der Waals surface area contributed by atoms with E-state index in [-0.39, 0.29) is 0 Å². The first-order valence-corrected chi connectivity index (χ1v) is 6.87. The molecule has 104 valence electrons. The molecule has 18 heavy (non-hydrogen) atoms. The van der Waals surface area contributed by atoms with E-state index in [0.29, 0.717) is 50.7 Å². The fourth-order valence-electron chi connectivity index (χ4n) is 1.00. The molecule has 0 spiro atoms. The Morgan fingerprint density at radius 2 is 1.67 bits per heavy atom. The number of methoxy groups -OCH3 is 1. The molecular formula is C10H17ClN2O4S. The van der Waals surface area contributed by atoms with Crippen molar-refractivity contribution < 1.29 is 18.9 Å². The maximum Gasteiger partial charge on any atom is 0.294 e. The summed E-state index contributed by atoms with van der Waals surface area (Å²) in [7, 11) is 1.64. The minimum absolute atomic E-state index is 0.357. The minimum atomic E-state index is 0.357. The Morgan fingerprint density at radius 1 is 1.00 bits per heavy atom. The molecule has 0 unspecified atom stereocenters. The van der Waals surface area contributed by atoms with Gasteiger partial charge in [0.15, 0.2) is 0 Å². The van der Waals surface area contributed by atoms with Crippen LogP contribution in [0.1, 0.15) is 5.01 Å². The quantitative estimate of drug-likeness (QED) is 0.453. The van der Waals surface area contributed by atoms with Crippen LogP contribution in [0.15, 0.2) is 0 Å². The lowest BCUT2D eigenvalue weighted by Crippen LogP contribution is -2.12. The average molecular weight is 297 g/mol. The number of ether oxygens (including phenoxy) is 4. The van der Waals surface area contributed by atoms with Crippen LogP contribution in [0, 0.1) is 0 Å². The molecule has 0 aliphatic heterocycles. The minimum Gasteiger partial charge on any atom is -0.466 e. The van der Waals surface area contributed by atoms with Crippen molar-refractivity contribution in [3.8, 4) is 5.19 Å². The average Bonchev–Trinajstić information content (AvgIpc) is 2.85. The molecule has 0 fully saturated rings. The molecule has 0 radical (unpaired) electrons. The van der Waals surface area contributed by atoms with E-state index in [9.17, 15) is 0 Å². The molecule has 1 aromatic heterocycles. The number of alkyl halides is 1. The lowest BCUT2D eigenvalue weighted by atomic mass is 10.7. The molecule has 0 aliphatic carbocycles. The van der Waals surface area contributed by atoms with Crippen LogP contribution in [0.25, 0.3) is 0 Å². The molecule has 0 amide bonds. The zero-order chi connectivity index (χ0) is 13.1. The van der Waals surface area contributed by atoms with Crippen LogP contribution in [-0.2, 0) is 20.1 Å². The van der Waals surface area contributed by atoms with Gasteiger partial charge in [-0.25, -0.2) is 0 Å². The third-order valence-electron chi connectivity index (χ3n) is 1.82. The van der Waals surface area contributed by atoms with Crippen molar-refractivity contribution in [3.63, 3.8) is 0 Å². The largest absolute Gasteiger partial charge is 0.466 e. The van der Waals surface area contributed by atoms with Crippen LogP contribution in [0.3, 0.4) is 0 Å². The van der Waals surface area contributed by atoms with Gasteiger partial charge in [-0.05, 0) is 0 Å². The molecule has 0 atom stereocenters. The molecular weight excluding hydrogens is 280 g/mol. The van der Waals surface area contributed by atoms with E-state index in [0.717, 1.165) is 5.01 Å². The molecule has 8 heteroatoms. The zero-order valence-electron chi connectivity index (χ0n) is 10.3. The summed E-state index contributed by atoms with van der Waals surface area (Å²) >= 11 is 6.94. The molecule has 0 aromatic carbocycles. The van der Waals surface area contributed by atoms with Crippen molar-refractivity contribution in [2.24, 2.45) is 0 Å². The van der Waals surface area contributed by atoms with Gasteiger partial charge in [-0.2, -0.15) is 0 Å². The number of nitrogens with zero attached hydrogens (tertiary/aromatic N) is 2. The summed E-state index contributed by atoms with van der Waals surface area (Å²) in [5.41, 5.74) is 0. The molecule has 1 heterocycles. The van der Waals surface area contributed by atoms with Crippen LogP contribution < -0.4 is 4.74 Å². The van der Waals surface area contributed by atoms with E-state index in [1.165, 1.54) is 11.3 Å². The summed E-state index contributed by atoms with van der Waals surface area (Å²) in [6, 6.07) is 0. The summed E-state index contributed by atoms with van der Waals surface area (Å²) in [6.45, 7) is 3.21. The van der Waals surface area contributed by atoms with Crippen molar-refractivity contribution in [1.29, 1.82) is 0 Å². The van der Waals surface area contributed by atoms with Gasteiger partial charge in [0.25, 0.3) is 5.19 Å². The number of aromatic nitrogens is 2. The van der Waals surface area contributed by atoms with E-state index < -0.39 is 0 Å². The van der Waals surface area contributed by atoms with Crippen molar-refractivity contribution in [1.82, 2.24) is 10.2 Å². The van der Waals surface area contributed by atoms with Crippen LogP contribution in [-0.4, -0.2) is 56.9 Å². The second kappa shape index (κ2) is 10.5. The van der Waals surface area contributed by atoms with Crippen LogP contribution in [0.5, 0.6) is 5.19 Å². The summed E-state index contributed by atoms with van der Waals surface area (Å²) in [4.78, 5) is 0. The molecule has 6 nitrogen and oxygen atoms in total. The van der Waals surface area contributed by atoms with Gasteiger partial charge in [-0.15, -0.1) is 21.8 Å². The SMILES string of the molecule is COCCOCCOCCOc1nnc(CCl)s1. The van der Waals surface area contributed by atoms with Gasteiger partial charge in [0, 0.05) is 7.11 Å². The van der Waals surface area contributed by atoms with E-state index in [1.807, 2.05) is 0 Å². The highest BCUT2D eigenvalue weighted by Gasteiger charge is 2.03. The Bertz CT molecular complexity index is 314. The Morgan fingerprint density at radius 3 is 2.28 bits per heavy atom. The molecule has 0 N–H and O–H groups in total. The van der Waals surface area contributed by atoms with E-state index in [2.05, 4.69) is 10.2 Å². The predicted octanol–water partition coefficient (Wildman–Crippen LogP) is 1.34. The maximum atomic E-state index is 5.60. The van der Waals surface area contributed by atoms with E-state index in [1.54, 1.807) is 7.11 Å². The topological polar surface area (TPSA) is 62.7 Å². The Kier molecular flexibility index (Phi) is 9.05. The number of hydrogen-bond donors (Lipinski definition) is 0. The monoisotopic (exact) mass is 296 g/mol. The van der Waals surface area contributed by atoms with Gasteiger partial charge < -0.3 is 18.9 Å². The summed E-state index contributed by atoms with van der Waals surface area (Å²) in [6.07, 6.45) is 0. The highest BCUT2D eigenvalue weighted by atomic mass is 35.5. The molecule has 0 bridgehead atoms. The molecule has 1 rings (SSSR count). The smallest absolute Gasteiger partial charge is 0.294 e. The maximum absolute atomic E-state index is 5.60. The lowest BCUT2D eigenvalue weighted by Gasteiger charge is -2.05. The van der Waals surface area contributed by atoms with Gasteiger partial charge in [-0.3, -0.25) is 0 Å². The summed E-state index contributed by atoms with van der Waals surface area (Å²) in [5.74, 6) is 0.357. The van der Waals surface area contributed by atoms with Crippen molar-refractivity contribution in [3.05, 3.63) is 5.01 Å². The normalized spacial score (nSPS) is 10.8. The number of hydrogen-bond acceptors (Lipinski definition) is 7. The Hall–Kier alpha value is -0.470. The van der Waals surface area contributed by atoms with Crippen LogP contribution in [0.4, 0.5) is 0 Å². The van der Waals surface area contributed by atoms with Crippen molar-refractivity contribution in [2.75, 3.05) is 46.8 Å². The van der Waals surface area contributed by atoms with Crippen molar-refractivity contribution >= 4 is 22.9 Å². The van der Waals surface area contributed by atoms with Crippen LogP contribution in [0.2, 0.25) is 0 Å². The van der Waals surface area contributed by atoms with Gasteiger partial charge in [0.05, 0.1) is 38.9 Å². The third kappa shape index (κ3) is 7.07. The van der Waals surface area contributed by atoms with Crippen LogP contribution >= 0.6 is 22.9 Å². The second-order valence-corrected chi connectivity index (χ2v) is 4.45. The first-order valence-electron chi connectivity index (χ1n) is 5.52. The van der Waals surface area contributed by atoms with Gasteiger partial charge in [0.2, 0.25) is 0 Å². The van der Waals surface area contributed by atoms with E-state index >= 15 is 0 Å². The van der Waals surface area contributed by atoms with Gasteiger partial charge in [-0.1, -0.05) is 11.3 Å². The van der Waals surface area contributed by atoms with Gasteiger partial charge in [0.1, 0.15) is 11.6 Å². The molecule has 1 aromatic rings. The lowest BCUT2D eigenvalue weighted by molar-refractivity contribution is 0.0179. The van der Waals surface area contributed by atoms with Gasteiger partial charge >= 0.3 is 0 Å². The standard InChI is InChI=1S/C10H17ClN2O4S/c1-14-2-3-15-4-5-16-6-7-17-10-13-12-9(8-11)18-10/h2-8H2,1H3. The number of rotatable bonds is 11. The zero-order valence-corrected chi connectivity index (χ0v) is 11.8. The summed E-state index contributed by atoms with van der Waals surface area (Å²) < 4.78 is 20.7. The molecule has 0 saturated carbocycles. The third-order valence-corrected chi connectivity index (χ3v) is 3.07. The molecule has 0 aliphatic rings. The summed E-state index contributed by atoms with van der Waals surface area (Å²) in [5, 5.41) is 8.92. The fraction of sp³-hybridized carbons (Fsp3) is 0.800. The highest BCUT2D eigenvalue weighted by molar-refractivity contribution is 7.13. The highest BCUT2D eigenvalue weighted by Crippen LogP contribution is 2.18. The second-order valence-electron chi connectivity index (χ2n) is 3.16. The fourth-order valence-corrected chi connectivity index (χ4v) is 1.78. The molecule has 0 saturated heterocycles. The Balaban J connectivity index is 1.89. The van der Waals surface area contributed by atoms with Crippen molar-refractivity contribution in [2.45, 2.75) is 5.88 Å². The predicted molar refractivity (Wildman–Crippen MR) is 68.5 cm³/mol. The first kappa shape index (κ1) is 15.6. The Labute approximate surface area is 115 Å². The first-order chi connectivity index (χ1) is 8.86.